The Bertz CT molecular complexity index is 982. The number of hydrogen-bond acceptors (Lipinski definition) is 6. The molecule has 0 aromatic heterocycles. The minimum atomic E-state index is -0.436. The smallest absolute Gasteiger partial charge is 0.180 e. The van der Waals surface area contributed by atoms with E-state index in [1.807, 2.05) is 26.0 Å². The number of allylic oxidation sites excluding steroid dienone is 4. The number of methoxy groups -OCH3 is 2. The van der Waals surface area contributed by atoms with E-state index in [4.69, 9.17) is 25.8 Å². The van der Waals surface area contributed by atoms with Gasteiger partial charge in [-0.2, -0.15) is 0 Å². The molecule has 1 aliphatic heterocycles. The first-order chi connectivity index (χ1) is 15.9. The lowest BCUT2D eigenvalue weighted by Crippen LogP contribution is -2.40. The van der Waals surface area contributed by atoms with Crippen LogP contribution in [-0.2, 0) is 14.3 Å². The summed E-state index contributed by atoms with van der Waals surface area (Å²) in [4.78, 5) is 28.8. The van der Waals surface area contributed by atoms with Gasteiger partial charge in [0.1, 0.15) is 0 Å². The third kappa shape index (κ3) is 4.43. The predicted octanol–water partition coefficient (Wildman–Crippen LogP) is 5.20. The fraction of sp³-hybridized carbons (Fsp3) is 0.538. The maximum Gasteiger partial charge on any atom is 0.180 e. The molecule has 1 aromatic carbocycles. The van der Waals surface area contributed by atoms with Gasteiger partial charge in [-0.05, 0) is 57.2 Å². The summed E-state index contributed by atoms with van der Waals surface area (Å²) in [6.07, 6.45) is 4.16. The molecule has 2 aliphatic carbocycles. The van der Waals surface area contributed by atoms with Crippen LogP contribution < -0.4 is 9.47 Å². The van der Waals surface area contributed by atoms with Crippen molar-refractivity contribution in [3.05, 3.63) is 45.3 Å². The number of benzene rings is 1. The van der Waals surface area contributed by atoms with Crippen molar-refractivity contribution in [2.24, 2.45) is 0 Å². The third-order valence-electron chi connectivity index (χ3n) is 6.54. The Kier molecular flexibility index (Phi) is 7.15. The van der Waals surface area contributed by atoms with Crippen molar-refractivity contribution in [3.8, 4) is 11.5 Å². The number of ketones is 2. The Morgan fingerprint density at radius 3 is 2.12 bits per heavy atom. The molecule has 178 valence electrons. The predicted molar refractivity (Wildman–Crippen MR) is 127 cm³/mol. The molecule has 0 amide bonds. The number of carbonyl (C=O) groups excluding carboxylic acids is 2. The molecule has 0 atom stereocenters. The molecule has 0 N–H and O–H groups in total. The molecule has 1 heterocycles. The lowest BCUT2D eigenvalue weighted by molar-refractivity contribution is -0.117. The van der Waals surface area contributed by atoms with E-state index in [-0.39, 0.29) is 17.7 Å². The van der Waals surface area contributed by atoms with Crippen LogP contribution in [0.3, 0.4) is 0 Å². The lowest BCUT2D eigenvalue weighted by atomic mass is 9.71. The standard InChI is InChI=1S/C26H32ClNO5/c1-15(2)33-26-17(27)13-16(14-22(26)32-4)23-24-18(7-5-9-20(24)29)28(11-12-31-3)19-8-6-10-21(30)25(19)23/h13-15,23H,5-12H2,1-4H3. The van der Waals surface area contributed by atoms with Crippen LogP contribution in [0.2, 0.25) is 5.02 Å². The van der Waals surface area contributed by atoms with Crippen molar-refractivity contribution in [3.63, 3.8) is 0 Å². The highest BCUT2D eigenvalue weighted by Crippen LogP contribution is 2.51. The van der Waals surface area contributed by atoms with Crippen molar-refractivity contribution >= 4 is 23.2 Å². The van der Waals surface area contributed by atoms with E-state index in [0.717, 1.165) is 53.8 Å². The molecule has 0 saturated carbocycles. The molecule has 4 rings (SSSR count). The van der Waals surface area contributed by atoms with Gasteiger partial charge < -0.3 is 19.1 Å². The van der Waals surface area contributed by atoms with E-state index in [1.165, 1.54) is 0 Å². The second-order valence-electron chi connectivity index (χ2n) is 9.05. The van der Waals surface area contributed by atoms with Gasteiger partial charge in [0.2, 0.25) is 0 Å². The highest BCUT2D eigenvalue weighted by molar-refractivity contribution is 6.32. The van der Waals surface area contributed by atoms with Crippen LogP contribution in [-0.4, -0.2) is 49.9 Å². The normalized spacial score (nSPS) is 19.3. The number of hydrogen-bond donors (Lipinski definition) is 0. The summed E-state index contributed by atoms with van der Waals surface area (Å²) in [6, 6.07) is 3.70. The summed E-state index contributed by atoms with van der Waals surface area (Å²) in [5.74, 6) is 0.749. The van der Waals surface area contributed by atoms with Gasteiger partial charge >= 0.3 is 0 Å². The molecule has 6 nitrogen and oxygen atoms in total. The van der Waals surface area contributed by atoms with Crippen LogP contribution in [0.4, 0.5) is 0 Å². The Balaban J connectivity index is 1.92. The fourth-order valence-corrected chi connectivity index (χ4v) is 5.52. The zero-order valence-electron chi connectivity index (χ0n) is 19.8. The summed E-state index contributed by atoms with van der Waals surface area (Å²) in [7, 11) is 3.24. The van der Waals surface area contributed by atoms with Crippen LogP contribution in [0.1, 0.15) is 63.9 Å². The second-order valence-corrected chi connectivity index (χ2v) is 9.46. The Hall–Kier alpha value is -2.31. The van der Waals surface area contributed by atoms with Gasteiger partial charge in [0, 0.05) is 55.0 Å². The van der Waals surface area contributed by atoms with Gasteiger partial charge in [0.15, 0.2) is 23.1 Å². The second kappa shape index (κ2) is 9.90. The van der Waals surface area contributed by atoms with Gasteiger partial charge in [-0.3, -0.25) is 9.59 Å². The molecule has 0 fully saturated rings. The maximum absolute atomic E-state index is 13.3. The highest BCUT2D eigenvalue weighted by atomic mass is 35.5. The quantitative estimate of drug-likeness (QED) is 0.542. The van der Waals surface area contributed by atoms with Crippen LogP contribution in [0.25, 0.3) is 0 Å². The first-order valence-electron chi connectivity index (χ1n) is 11.7. The van der Waals surface area contributed by atoms with Crippen molar-refractivity contribution in [1.82, 2.24) is 4.90 Å². The number of halogens is 1. The monoisotopic (exact) mass is 473 g/mol. The van der Waals surface area contributed by atoms with Crippen molar-refractivity contribution in [2.75, 3.05) is 27.4 Å². The molecule has 0 bridgehead atoms. The van der Waals surface area contributed by atoms with E-state index in [2.05, 4.69) is 4.90 Å². The van der Waals surface area contributed by atoms with Crippen LogP contribution in [0.15, 0.2) is 34.7 Å². The Labute approximate surface area is 200 Å². The maximum atomic E-state index is 13.3. The highest BCUT2D eigenvalue weighted by Gasteiger charge is 2.43. The van der Waals surface area contributed by atoms with Crippen LogP contribution in [0, 0.1) is 0 Å². The van der Waals surface area contributed by atoms with E-state index in [0.29, 0.717) is 42.5 Å². The first-order valence-corrected chi connectivity index (χ1v) is 12.1. The molecule has 1 aromatic rings. The molecule has 0 spiro atoms. The minimum Gasteiger partial charge on any atom is -0.493 e. The van der Waals surface area contributed by atoms with Crippen molar-refractivity contribution in [1.29, 1.82) is 0 Å². The van der Waals surface area contributed by atoms with E-state index in [1.54, 1.807) is 14.2 Å². The largest absolute Gasteiger partial charge is 0.493 e. The zero-order valence-corrected chi connectivity index (χ0v) is 20.6. The number of ether oxygens (including phenoxy) is 3. The molecule has 7 heteroatoms. The number of rotatable bonds is 7. The SMILES string of the molecule is COCCN1C2=C(C(=O)CCC2)C(c2cc(Cl)c(OC(C)C)c(OC)c2)C2=C1CCCC2=O. The minimum absolute atomic E-state index is 0.0743. The third-order valence-corrected chi connectivity index (χ3v) is 6.82. The van der Waals surface area contributed by atoms with Gasteiger partial charge in [-0.15, -0.1) is 0 Å². The zero-order chi connectivity index (χ0) is 23.7. The summed E-state index contributed by atoms with van der Waals surface area (Å²) in [5.41, 5.74) is 4.30. The van der Waals surface area contributed by atoms with Crippen LogP contribution in [0.5, 0.6) is 11.5 Å². The van der Waals surface area contributed by atoms with Gasteiger partial charge in [0.25, 0.3) is 0 Å². The molecular formula is C26H32ClNO5. The van der Waals surface area contributed by atoms with E-state index < -0.39 is 5.92 Å². The molecule has 0 saturated heterocycles. The summed E-state index contributed by atoms with van der Waals surface area (Å²) in [5, 5.41) is 0.413. The van der Waals surface area contributed by atoms with E-state index >= 15 is 0 Å². The van der Waals surface area contributed by atoms with Gasteiger partial charge in [0.05, 0.1) is 24.8 Å². The summed E-state index contributed by atoms with van der Waals surface area (Å²) >= 11 is 6.66. The average Bonchev–Trinajstić information content (AvgIpc) is 2.78. The first kappa shape index (κ1) is 23.8. The molecule has 0 unspecified atom stereocenters. The summed E-state index contributed by atoms with van der Waals surface area (Å²) < 4.78 is 16.9. The number of Topliss-reactive ketones (excluding diaryl/α,β-unsaturated/α-hetero) is 2. The van der Waals surface area contributed by atoms with E-state index in [9.17, 15) is 9.59 Å². The molecular weight excluding hydrogens is 442 g/mol. The molecule has 33 heavy (non-hydrogen) atoms. The Morgan fingerprint density at radius 1 is 1.00 bits per heavy atom. The summed E-state index contributed by atoms with van der Waals surface area (Å²) in [6.45, 7) is 5.01. The fourth-order valence-electron chi connectivity index (χ4n) is 5.26. The van der Waals surface area contributed by atoms with Crippen LogP contribution >= 0.6 is 11.6 Å². The molecule has 3 aliphatic rings. The lowest BCUT2D eigenvalue weighted by Gasteiger charge is -2.44. The van der Waals surface area contributed by atoms with Gasteiger partial charge in [-0.25, -0.2) is 0 Å². The molecule has 0 radical (unpaired) electrons. The number of nitrogens with zero attached hydrogens (tertiary/aromatic N) is 1. The van der Waals surface area contributed by atoms with Crippen molar-refractivity contribution < 1.29 is 23.8 Å². The van der Waals surface area contributed by atoms with Gasteiger partial charge in [-0.1, -0.05) is 11.6 Å². The number of carbonyl (C=O) groups is 2. The van der Waals surface area contributed by atoms with Crippen molar-refractivity contribution in [2.45, 2.75) is 64.4 Å². The average molecular weight is 474 g/mol. The topological polar surface area (TPSA) is 65.1 Å². The Morgan fingerprint density at radius 2 is 1.61 bits per heavy atom.